The molecule has 1 saturated carbocycles. The van der Waals surface area contributed by atoms with Crippen LogP contribution >= 0.6 is 11.3 Å². The third-order valence-electron chi connectivity index (χ3n) is 4.70. The molecular weight excluding hydrogens is 352 g/mol. The summed E-state index contributed by atoms with van der Waals surface area (Å²) < 4.78 is 0. The van der Waals surface area contributed by atoms with Gasteiger partial charge in [-0.1, -0.05) is 11.3 Å². The second-order valence-electron chi connectivity index (χ2n) is 6.69. The average molecular weight is 372 g/mol. The Morgan fingerprint density at radius 1 is 1.31 bits per heavy atom. The van der Waals surface area contributed by atoms with Crippen molar-refractivity contribution in [3.63, 3.8) is 0 Å². The first-order valence-electron chi connectivity index (χ1n) is 8.70. The molecule has 2 aromatic rings. The summed E-state index contributed by atoms with van der Waals surface area (Å²) in [7, 11) is 0. The van der Waals surface area contributed by atoms with Crippen molar-refractivity contribution in [1.29, 1.82) is 0 Å². The third-order valence-corrected chi connectivity index (χ3v) is 5.80. The third kappa shape index (κ3) is 3.26. The summed E-state index contributed by atoms with van der Waals surface area (Å²) in [6, 6.07) is 0.980. The van der Waals surface area contributed by atoms with Crippen molar-refractivity contribution in [1.82, 2.24) is 19.9 Å². The van der Waals surface area contributed by atoms with Gasteiger partial charge in [0.25, 0.3) is 0 Å². The Labute approximate surface area is 154 Å². The smallest absolute Gasteiger partial charge is 0.324 e. The summed E-state index contributed by atoms with van der Waals surface area (Å²) in [5.41, 5.74) is 7.01. The minimum Gasteiger partial charge on any atom is -0.368 e. The molecule has 2 aromatic heterocycles. The second-order valence-corrected chi connectivity index (χ2v) is 7.69. The van der Waals surface area contributed by atoms with Gasteiger partial charge >= 0.3 is 6.03 Å². The molecule has 8 nitrogen and oxygen atoms in total. The van der Waals surface area contributed by atoms with Gasteiger partial charge in [-0.15, -0.1) is 0 Å². The number of urea groups is 1. The lowest BCUT2D eigenvalue weighted by Gasteiger charge is -2.21. The molecule has 1 saturated heterocycles. The van der Waals surface area contributed by atoms with Gasteiger partial charge in [0.05, 0.1) is 16.3 Å². The monoisotopic (exact) mass is 372 g/mol. The number of anilines is 1. The largest absolute Gasteiger partial charge is 0.368 e. The fraction of sp³-hybridized carbons (Fsp3) is 0.471. The van der Waals surface area contributed by atoms with E-state index in [2.05, 4.69) is 20.3 Å². The molecule has 0 spiro atoms. The van der Waals surface area contributed by atoms with Gasteiger partial charge in [-0.05, 0) is 38.7 Å². The van der Waals surface area contributed by atoms with E-state index in [0.717, 1.165) is 41.4 Å². The highest BCUT2D eigenvalue weighted by molar-refractivity contribution is 7.19. The summed E-state index contributed by atoms with van der Waals surface area (Å²) in [5.74, 6) is 0.882. The highest BCUT2D eigenvalue weighted by Gasteiger charge is 2.33. The molecule has 9 heteroatoms. The molecule has 3 heterocycles. The first-order chi connectivity index (χ1) is 12.5. The molecule has 2 fully saturated rings. The van der Waals surface area contributed by atoms with E-state index >= 15 is 0 Å². The fourth-order valence-electron chi connectivity index (χ4n) is 3.19. The lowest BCUT2D eigenvalue weighted by Crippen LogP contribution is -2.45. The molecular formula is C17H20N6O2S. The number of nitrogens with one attached hydrogen (secondary N) is 1. The maximum Gasteiger partial charge on any atom is 0.324 e. The normalized spacial score (nSPS) is 19.6. The molecule has 2 aliphatic rings. The summed E-state index contributed by atoms with van der Waals surface area (Å²) in [6.07, 6.45) is 5.44. The van der Waals surface area contributed by atoms with Crippen LogP contribution in [0.25, 0.3) is 10.6 Å². The van der Waals surface area contributed by atoms with Crippen LogP contribution in [0.3, 0.4) is 0 Å². The number of rotatable bonds is 4. The van der Waals surface area contributed by atoms with E-state index in [9.17, 15) is 9.59 Å². The van der Waals surface area contributed by atoms with Gasteiger partial charge in [0.15, 0.2) is 5.13 Å². The van der Waals surface area contributed by atoms with Crippen LogP contribution in [0.15, 0.2) is 12.3 Å². The average Bonchev–Trinajstić information content (AvgIpc) is 3.23. The number of amides is 3. The highest BCUT2D eigenvalue weighted by Crippen LogP contribution is 2.39. The number of aromatic nitrogens is 3. The first kappa shape index (κ1) is 16.9. The van der Waals surface area contributed by atoms with Crippen molar-refractivity contribution in [2.75, 3.05) is 11.9 Å². The van der Waals surface area contributed by atoms with Crippen LogP contribution in [0.4, 0.5) is 9.93 Å². The van der Waals surface area contributed by atoms with E-state index < -0.39 is 11.9 Å². The van der Waals surface area contributed by atoms with Gasteiger partial charge in [0, 0.05) is 18.7 Å². The molecule has 0 radical (unpaired) electrons. The second kappa shape index (κ2) is 6.64. The van der Waals surface area contributed by atoms with Crippen LogP contribution in [0.5, 0.6) is 0 Å². The Morgan fingerprint density at radius 2 is 2.12 bits per heavy atom. The summed E-state index contributed by atoms with van der Waals surface area (Å²) in [6.45, 7) is 2.41. The molecule has 0 bridgehead atoms. The van der Waals surface area contributed by atoms with Crippen LogP contribution in [0, 0.1) is 6.92 Å². The number of nitrogens with zero attached hydrogens (tertiary/aromatic N) is 4. The molecule has 1 aliphatic heterocycles. The Morgan fingerprint density at radius 3 is 2.85 bits per heavy atom. The number of nitrogens with two attached hydrogens (primary N) is 1. The predicted molar refractivity (Wildman–Crippen MR) is 97.8 cm³/mol. The van der Waals surface area contributed by atoms with E-state index in [1.807, 2.05) is 13.0 Å². The van der Waals surface area contributed by atoms with Gasteiger partial charge in [-0.3, -0.25) is 10.1 Å². The maximum absolute atomic E-state index is 12.5. The van der Waals surface area contributed by atoms with Crippen LogP contribution in [-0.2, 0) is 4.79 Å². The lowest BCUT2D eigenvalue weighted by molar-refractivity contribution is -0.121. The summed E-state index contributed by atoms with van der Waals surface area (Å²) >= 11 is 1.37. The molecule has 3 amide bonds. The number of thiazole rings is 1. The van der Waals surface area contributed by atoms with Crippen molar-refractivity contribution < 1.29 is 9.59 Å². The molecule has 0 aromatic carbocycles. The quantitative estimate of drug-likeness (QED) is 0.854. The topological polar surface area (TPSA) is 114 Å². The number of primary amides is 1. The van der Waals surface area contributed by atoms with Crippen molar-refractivity contribution in [3.8, 4) is 10.6 Å². The SMILES string of the molecule is Cc1nc(NC(=O)N2CCCC2C(N)=O)sc1-c1ccnc(C2CC2)n1. The van der Waals surface area contributed by atoms with E-state index in [4.69, 9.17) is 5.73 Å². The number of aryl methyl sites for hydroxylation is 1. The van der Waals surface area contributed by atoms with Crippen molar-refractivity contribution in [3.05, 3.63) is 23.8 Å². The van der Waals surface area contributed by atoms with Gasteiger partial charge in [-0.25, -0.2) is 19.7 Å². The van der Waals surface area contributed by atoms with Crippen LogP contribution < -0.4 is 11.1 Å². The zero-order chi connectivity index (χ0) is 18.3. The molecule has 26 heavy (non-hydrogen) atoms. The Hall–Kier alpha value is -2.55. The molecule has 3 N–H and O–H groups in total. The number of carbonyl (C=O) groups excluding carboxylic acids is 2. The predicted octanol–water partition coefficient (Wildman–Crippen LogP) is 2.27. The standard InChI is InChI=1S/C17H20N6O2S/c1-9-13(11-6-7-19-15(21-11)10-4-5-10)26-16(20-9)22-17(25)23-8-2-3-12(23)14(18)24/h6-7,10,12H,2-5,8H2,1H3,(H2,18,24)(H,20,22,25). The minimum absolute atomic E-state index is 0.340. The first-order valence-corrected chi connectivity index (χ1v) is 9.52. The van der Waals surface area contributed by atoms with Gasteiger partial charge in [-0.2, -0.15) is 0 Å². The Kier molecular flexibility index (Phi) is 4.31. The van der Waals surface area contributed by atoms with E-state index in [1.165, 1.54) is 16.2 Å². The number of likely N-dealkylation sites (tertiary alicyclic amines) is 1. The molecule has 1 unspecified atom stereocenters. The molecule has 1 aliphatic carbocycles. The van der Waals surface area contributed by atoms with Crippen LogP contribution in [0.2, 0.25) is 0 Å². The Bertz CT molecular complexity index is 863. The van der Waals surface area contributed by atoms with Gasteiger partial charge in [0.2, 0.25) is 5.91 Å². The zero-order valence-corrected chi connectivity index (χ0v) is 15.3. The fourth-order valence-corrected chi connectivity index (χ4v) is 4.12. The molecule has 4 rings (SSSR count). The lowest BCUT2D eigenvalue weighted by atomic mass is 10.2. The zero-order valence-electron chi connectivity index (χ0n) is 14.4. The highest BCUT2D eigenvalue weighted by atomic mass is 32.1. The summed E-state index contributed by atoms with van der Waals surface area (Å²) in [4.78, 5) is 39.8. The van der Waals surface area contributed by atoms with E-state index in [1.54, 1.807) is 6.20 Å². The van der Waals surface area contributed by atoms with Crippen LogP contribution in [-0.4, -0.2) is 44.4 Å². The van der Waals surface area contributed by atoms with E-state index in [0.29, 0.717) is 24.0 Å². The molecule has 136 valence electrons. The van der Waals surface area contributed by atoms with Crippen molar-refractivity contribution >= 4 is 28.4 Å². The van der Waals surface area contributed by atoms with Crippen LogP contribution in [0.1, 0.15) is 43.1 Å². The van der Waals surface area contributed by atoms with Gasteiger partial charge < -0.3 is 10.6 Å². The number of hydrogen-bond acceptors (Lipinski definition) is 6. The van der Waals surface area contributed by atoms with E-state index in [-0.39, 0.29) is 6.03 Å². The van der Waals surface area contributed by atoms with Crippen molar-refractivity contribution in [2.45, 2.75) is 44.6 Å². The minimum atomic E-state index is -0.543. The maximum atomic E-state index is 12.5. The Balaban J connectivity index is 1.52. The number of carbonyl (C=O) groups is 2. The summed E-state index contributed by atoms with van der Waals surface area (Å²) in [5, 5.41) is 3.28. The van der Waals surface area contributed by atoms with Gasteiger partial charge in [0.1, 0.15) is 11.9 Å². The number of hydrogen-bond donors (Lipinski definition) is 2. The molecule has 1 atom stereocenters. The van der Waals surface area contributed by atoms with Crippen molar-refractivity contribution in [2.24, 2.45) is 5.73 Å².